The molecule has 0 aromatic heterocycles. The highest BCUT2D eigenvalue weighted by Crippen LogP contribution is 2.32. The second kappa shape index (κ2) is 6.88. The number of rotatable bonds is 5. The van der Waals surface area contributed by atoms with E-state index in [0.717, 1.165) is 22.4 Å². The first-order valence-electron chi connectivity index (χ1n) is 7.40. The van der Waals surface area contributed by atoms with Crippen molar-refractivity contribution in [2.24, 2.45) is 0 Å². The van der Waals surface area contributed by atoms with Crippen LogP contribution in [0, 0.1) is 0 Å². The Labute approximate surface area is 135 Å². The second-order valence-electron chi connectivity index (χ2n) is 5.19. The van der Waals surface area contributed by atoms with Crippen LogP contribution in [0.4, 0.5) is 0 Å². The topological polar surface area (TPSA) is 38.7 Å². The summed E-state index contributed by atoms with van der Waals surface area (Å²) in [5.74, 6) is 1.38. The zero-order chi connectivity index (χ0) is 16.1. The predicted molar refractivity (Wildman–Crippen MR) is 90.9 cm³/mol. The monoisotopic (exact) mass is 306 g/mol. The molecule has 1 N–H and O–H groups in total. The minimum atomic E-state index is 0.126. The molecule has 3 nitrogen and oxygen atoms in total. The summed E-state index contributed by atoms with van der Waals surface area (Å²) in [5, 5.41) is 9.92. The van der Waals surface area contributed by atoms with Gasteiger partial charge < -0.3 is 14.6 Å². The van der Waals surface area contributed by atoms with Crippen LogP contribution in [0.15, 0.2) is 72.8 Å². The van der Waals surface area contributed by atoms with Crippen molar-refractivity contribution in [3.8, 4) is 28.4 Å². The number of methoxy groups -OCH3 is 1. The molecular formula is C20H18O3. The molecule has 3 aromatic carbocycles. The standard InChI is InChI=1S/C20H18O3/c1-22-20-11-10-17(13-19(20)21)16-8-5-9-18(12-16)23-14-15-6-3-2-4-7-15/h2-13,21H,14H2,1H3. The van der Waals surface area contributed by atoms with Crippen LogP contribution < -0.4 is 9.47 Å². The maximum Gasteiger partial charge on any atom is 0.160 e. The molecule has 0 aliphatic carbocycles. The maximum atomic E-state index is 9.92. The molecule has 3 heteroatoms. The van der Waals surface area contributed by atoms with Gasteiger partial charge in [0.2, 0.25) is 0 Å². The first kappa shape index (κ1) is 15.0. The summed E-state index contributed by atoms with van der Waals surface area (Å²) in [4.78, 5) is 0. The van der Waals surface area contributed by atoms with Gasteiger partial charge in [-0.25, -0.2) is 0 Å². The van der Waals surface area contributed by atoms with Crippen LogP contribution in [0.2, 0.25) is 0 Å². The van der Waals surface area contributed by atoms with Crippen LogP contribution in [0.5, 0.6) is 17.2 Å². The third-order valence-electron chi connectivity index (χ3n) is 3.59. The van der Waals surface area contributed by atoms with Gasteiger partial charge in [-0.05, 0) is 41.0 Å². The number of phenols is 1. The van der Waals surface area contributed by atoms with Gasteiger partial charge in [0.05, 0.1) is 7.11 Å². The zero-order valence-electron chi connectivity index (χ0n) is 12.9. The molecule has 0 radical (unpaired) electrons. The summed E-state index contributed by atoms with van der Waals surface area (Å²) < 4.78 is 10.9. The Hall–Kier alpha value is -2.94. The number of hydrogen-bond acceptors (Lipinski definition) is 3. The molecule has 0 unspecified atom stereocenters. The predicted octanol–water partition coefficient (Wildman–Crippen LogP) is 4.65. The molecule has 0 heterocycles. The van der Waals surface area contributed by atoms with Gasteiger partial charge in [0, 0.05) is 0 Å². The van der Waals surface area contributed by atoms with Crippen molar-refractivity contribution in [1.29, 1.82) is 0 Å². The van der Waals surface area contributed by atoms with Crippen LogP contribution >= 0.6 is 0 Å². The fraction of sp³-hybridized carbons (Fsp3) is 0.100. The molecule has 23 heavy (non-hydrogen) atoms. The smallest absolute Gasteiger partial charge is 0.160 e. The normalized spacial score (nSPS) is 10.3. The van der Waals surface area contributed by atoms with Crippen LogP contribution in [0.3, 0.4) is 0 Å². The molecule has 0 fully saturated rings. The summed E-state index contributed by atoms with van der Waals surface area (Å²) >= 11 is 0. The quantitative estimate of drug-likeness (QED) is 0.746. The first-order chi connectivity index (χ1) is 11.3. The highest BCUT2D eigenvalue weighted by atomic mass is 16.5. The highest BCUT2D eigenvalue weighted by molar-refractivity contribution is 5.68. The van der Waals surface area contributed by atoms with Gasteiger partial charge in [-0.2, -0.15) is 0 Å². The maximum absolute atomic E-state index is 9.92. The van der Waals surface area contributed by atoms with E-state index in [2.05, 4.69) is 0 Å². The number of phenolic OH excluding ortho intramolecular Hbond substituents is 1. The second-order valence-corrected chi connectivity index (χ2v) is 5.19. The van der Waals surface area contributed by atoms with E-state index in [1.165, 1.54) is 7.11 Å². The Balaban J connectivity index is 1.78. The van der Waals surface area contributed by atoms with E-state index in [0.29, 0.717) is 12.4 Å². The Kier molecular flexibility index (Phi) is 4.48. The molecule has 116 valence electrons. The van der Waals surface area contributed by atoms with Gasteiger partial charge in [0.1, 0.15) is 12.4 Å². The molecule has 0 bridgehead atoms. The largest absolute Gasteiger partial charge is 0.504 e. The lowest BCUT2D eigenvalue weighted by molar-refractivity contribution is 0.306. The number of benzene rings is 3. The molecule has 0 aliphatic rings. The van der Waals surface area contributed by atoms with E-state index in [-0.39, 0.29) is 5.75 Å². The van der Waals surface area contributed by atoms with Crippen LogP contribution in [0.1, 0.15) is 5.56 Å². The summed E-state index contributed by atoms with van der Waals surface area (Å²) in [7, 11) is 1.53. The molecule has 0 saturated heterocycles. The molecule has 0 spiro atoms. The van der Waals surface area contributed by atoms with E-state index >= 15 is 0 Å². The number of ether oxygens (including phenoxy) is 2. The number of hydrogen-bond donors (Lipinski definition) is 1. The van der Waals surface area contributed by atoms with Gasteiger partial charge in [-0.1, -0.05) is 48.5 Å². The molecule has 0 amide bonds. The van der Waals surface area contributed by atoms with Crippen molar-refractivity contribution in [2.75, 3.05) is 7.11 Å². The summed E-state index contributed by atoms with van der Waals surface area (Å²) in [5.41, 5.74) is 3.02. The summed E-state index contributed by atoms with van der Waals surface area (Å²) in [6, 6.07) is 23.2. The Morgan fingerprint density at radius 1 is 0.826 bits per heavy atom. The van der Waals surface area contributed by atoms with Crippen molar-refractivity contribution in [3.05, 3.63) is 78.4 Å². The summed E-state index contributed by atoms with van der Waals surface area (Å²) in [6.45, 7) is 0.526. The SMILES string of the molecule is COc1ccc(-c2cccc(OCc3ccccc3)c2)cc1O. The highest BCUT2D eigenvalue weighted by Gasteiger charge is 2.05. The van der Waals surface area contributed by atoms with Gasteiger partial charge in [-0.15, -0.1) is 0 Å². The van der Waals surface area contributed by atoms with Crippen LogP contribution in [-0.2, 0) is 6.61 Å². The lowest BCUT2D eigenvalue weighted by Crippen LogP contribution is -1.95. The molecule has 3 aromatic rings. The minimum absolute atomic E-state index is 0.126. The third kappa shape index (κ3) is 3.64. The van der Waals surface area contributed by atoms with Crippen molar-refractivity contribution < 1.29 is 14.6 Å². The van der Waals surface area contributed by atoms with Crippen LogP contribution in [-0.4, -0.2) is 12.2 Å². The van der Waals surface area contributed by atoms with E-state index < -0.39 is 0 Å². The van der Waals surface area contributed by atoms with Crippen molar-refractivity contribution in [2.45, 2.75) is 6.61 Å². The van der Waals surface area contributed by atoms with Crippen molar-refractivity contribution in [3.63, 3.8) is 0 Å². The Morgan fingerprint density at radius 2 is 1.61 bits per heavy atom. The van der Waals surface area contributed by atoms with E-state index in [9.17, 15) is 5.11 Å². The fourth-order valence-corrected chi connectivity index (χ4v) is 2.38. The Bertz CT molecular complexity index is 782. The molecular weight excluding hydrogens is 288 g/mol. The Morgan fingerprint density at radius 3 is 2.35 bits per heavy atom. The van der Waals surface area contributed by atoms with Gasteiger partial charge in [-0.3, -0.25) is 0 Å². The fourth-order valence-electron chi connectivity index (χ4n) is 2.38. The van der Waals surface area contributed by atoms with Crippen LogP contribution in [0.25, 0.3) is 11.1 Å². The summed E-state index contributed by atoms with van der Waals surface area (Å²) in [6.07, 6.45) is 0. The van der Waals surface area contributed by atoms with E-state index in [4.69, 9.17) is 9.47 Å². The third-order valence-corrected chi connectivity index (χ3v) is 3.59. The molecule has 0 aliphatic heterocycles. The van der Waals surface area contributed by atoms with Gasteiger partial charge in [0.15, 0.2) is 11.5 Å². The van der Waals surface area contributed by atoms with Gasteiger partial charge in [0.25, 0.3) is 0 Å². The number of aromatic hydroxyl groups is 1. The molecule has 0 atom stereocenters. The van der Waals surface area contributed by atoms with Crippen molar-refractivity contribution >= 4 is 0 Å². The van der Waals surface area contributed by atoms with Crippen molar-refractivity contribution in [1.82, 2.24) is 0 Å². The average molecular weight is 306 g/mol. The molecule has 3 rings (SSSR count). The molecule has 0 saturated carbocycles. The van der Waals surface area contributed by atoms with E-state index in [1.807, 2.05) is 60.7 Å². The van der Waals surface area contributed by atoms with Gasteiger partial charge >= 0.3 is 0 Å². The minimum Gasteiger partial charge on any atom is -0.504 e. The first-order valence-corrected chi connectivity index (χ1v) is 7.40. The lowest BCUT2D eigenvalue weighted by Gasteiger charge is -2.10. The zero-order valence-corrected chi connectivity index (χ0v) is 12.9. The lowest BCUT2D eigenvalue weighted by atomic mass is 10.0. The average Bonchev–Trinajstić information content (AvgIpc) is 2.61. The van der Waals surface area contributed by atoms with E-state index in [1.54, 1.807) is 12.1 Å².